The van der Waals surface area contributed by atoms with Crippen molar-refractivity contribution in [2.75, 3.05) is 20.7 Å². The summed E-state index contributed by atoms with van der Waals surface area (Å²) in [5, 5.41) is 14.9. The van der Waals surface area contributed by atoms with Crippen LogP contribution in [0, 0.1) is 5.92 Å². The number of carbonyl (C=O) groups excluding carboxylic acids is 2. The number of unbranched alkanes of at least 4 members (excludes halogenated alkanes) is 1. The average Bonchev–Trinajstić information content (AvgIpc) is 2.94. The summed E-state index contributed by atoms with van der Waals surface area (Å²) in [4.78, 5) is 27.2. The molecule has 0 saturated heterocycles. The molecule has 7 nitrogen and oxygen atoms in total. The number of ether oxygens (including phenoxy) is 1. The molecule has 3 atom stereocenters. The van der Waals surface area contributed by atoms with Crippen LogP contribution < -0.4 is 4.74 Å². The molecule has 7 heteroatoms. The molecule has 0 spiro atoms. The molecule has 130 valence electrons. The van der Waals surface area contributed by atoms with Crippen LogP contribution in [0.25, 0.3) is 0 Å². The second-order valence-electron chi connectivity index (χ2n) is 6.54. The van der Waals surface area contributed by atoms with E-state index in [9.17, 15) is 14.7 Å². The van der Waals surface area contributed by atoms with E-state index in [2.05, 4.69) is 5.16 Å². The van der Waals surface area contributed by atoms with Gasteiger partial charge < -0.3 is 14.4 Å². The van der Waals surface area contributed by atoms with Gasteiger partial charge in [0.15, 0.2) is 17.1 Å². The van der Waals surface area contributed by atoms with Gasteiger partial charge in [-0.05, 0) is 38.2 Å². The van der Waals surface area contributed by atoms with Crippen molar-refractivity contribution in [1.82, 2.24) is 10.1 Å². The lowest BCUT2D eigenvalue weighted by molar-refractivity contribution is -0.137. The predicted molar refractivity (Wildman–Crippen MR) is 84.9 cm³/mol. The highest BCUT2D eigenvalue weighted by molar-refractivity contribution is 6.23. The first-order valence-electron chi connectivity index (χ1n) is 8.19. The molecule has 0 aliphatic heterocycles. The molecule has 3 rings (SSSR count). The van der Waals surface area contributed by atoms with Crippen LogP contribution >= 0.6 is 0 Å². The molecule has 1 aromatic heterocycles. The molecule has 24 heavy (non-hydrogen) atoms. The van der Waals surface area contributed by atoms with E-state index in [0.717, 1.165) is 12.8 Å². The van der Waals surface area contributed by atoms with Crippen molar-refractivity contribution in [1.29, 1.82) is 0 Å². The highest BCUT2D eigenvalue weighted by Gasteiger charge is 2.60. The fourth-order valence-corrected chi connectivity index (χ4v) is 3.52. The molecular weight excluding hydrogens is 312 g/mol. The number of ketones is 2. The van der Waals surface area contributed by atoms with Gasteiger partial charge in [0.1, 0.15) is 5.56 Å². The number of rotatable bonds is 5. The third-order valence-corrected chi connectivity index (χ3v) is 4.77. The first-order chi connectivity index (χ1) is 11.4. The van der Waals surface area contributed by atoms with Gasteiger partial charge >= 0.3 is 0 Å². The second kappa shape index (κ2) is 6.14. The van der Waals surface area contributed by atoms with Crippen molar-refractivity contribution in [2.24, 2.45) is 5.92 Å². The molecule has 0 aromatic carbocycles. The van der Waals surface area contributed by atoms with Crippen LogP contribution in [0.4, 0.5) is 0 Å². The van der Waals surface area contributed by atoms with Crippen molar-refractivity contribution in [3.63, 3.8) is 0 Å². The van der Waals surface area contributed by atoms with E-state index in [1.54, 1.807) is 6.08 Å². The predicted octanol–water partition coefficient (Wildman–Crippen LogP) is 1.53. The van der Waals surface area contributed by atoms with Crippen LogP contribution in [-0.2, 0) is 4.79 Å². The maximum Gasteiger partial charge on any atom is 0.265 e. The SMILES string of the molecule is CCCCOc1noc2c1C(=O)[C@@]1(O)C(=O)C=CC[C@H]1[C@@H]2N(C)C. The fraction of sp³-hybridized carbons (Fsp3) is 0.588. The normalized spacial score (nSPS) is 28.9. The lowest BCUT2D eigenvalue weighted by atomic mass is 9.65. The summed E-state index contributed by atoms with van der Waals surface area (Å²) in [5.74, 6) is -1.47. The number of hydrogen-bond donors (Lipinski definition) is 1. The van der Waals surface area contributed by atoms with Crippen molar-refractivity contribution < 1.29 is 24.0 Å². The lowest BCUT2D eigenvalue weighted by Crippen LogP contribution is -2.59. The van der Waals surface area contributed by atoms with E-state index in [-0.39, 0.29) is 11.4 Å². The summed E-state index contributed by atoms with van der Waals surface area (Å²) in [6.07, 6.45) is 5.11. The maximum atomic E-state index is 13.0. The molecular formula is C17H22N2O5. The average molecular weight is 334 g/mol. The van der Waals surface area contributed by atoms with Gasteiger partial charge in [-0.25, -0.2) is 0 Å². The maximum absolute atomic E-state index is 13.0. The number of fused-ring (bicyclic) bond motifs is 2. The molecule has 1 aromatic rings. The summed E-state index contributed by atoms with van der Waals surface area (Å²) in [6.45, 7) is 2.42. The Morgan fingerprint density at radius 1 is 1.46 bits per heavy atom. The van der Waals surface area contributed by atoms with Gasteiger partial charge in [0.05, 0.1) is 12.6 Å². The van der Waals surface area contributed by atoms with Gasteiger partial charge in [-0.3, -0.25) is 14.5 Å². The zero-order valence-corrected chi connectivity index (χ0v) is 14.1. The van der Waals surface area contributed by atoms with E-state index in [1.807, 2.05) is 25.9 Å². The standard InChI is InChI=1S/C17H22N2O5/c1-4-5-9-23-16-12-14(24-18-16)13(19(2)3)10-7-6-8-11(20)17(10,22)15(12)21/h6,8,10,13,22H,4-5,7,9H2,1-3H3/t10-,13-,17-/m0/s1. The lowest BCUT2D eigenvalue weighted by Gasteiger charge is -2.43. The Morgan fingerprint density at radius 2 is 2.21 bits per heavy atom. The number of Topliss-reactive ketones (excluding diaryl/α,β-unsaturated/α-hetero) is 1. The van der Waals surface area contributed by atoms with Gasteiger partial charge in [-0.1, -0.05) is 19.4 Å². The van der Waals surface area contributed by atoms with Gasteiger partial charge in [0.2, 0.25) is 5.78 Å². The molecule has 2 aliphatic carbocycles. The largest absolute Gasteiger partial charge is 0.475 e. The minimum Gasteiger partial charge on any atom is -0.475 e. The monoisotopic (exact) mass is 334 g/mol. The molecule has 0 fully saturated rings. The molecule has 1 heterocycles. The van der Waals surface area contributed by atoms with Crippen LogP contribution in [0.5, 0.6) is 5.88 Å². The molecule has 0 unspecified atom stereocenters. The van der Waals surface area contributed by atoms with Gasteiger partial charge in [0.25, 0.3) is 5.88 Å². The van der Waals surface area contributed by atoms with E-state index in [1.165, 1.54) is 6.08 Å². The number of allylic oxidation sites excluding steroid dienone is 1. The fourth-order valence-electron chi connectivity index (χ4n) is 3.52. The van der Waals surface area contributed by atoms with Crippen molar-refractivity contribution in [3.05, 3.63) is 23.5 Å². The highest BCUT2D eigenvalue weighted by atomic mass is 16.5. The molecule has 1 N–H and O–H groups in total. The molecule has 0 bridgehead atoms. The Hall–Kier alpha value is -1.99. The molecule has 2 aliphatic rings. The summed E-state index contributed by atoms with van der Waals surface area (Å²) in [5.41, 5.74) is -2.00. The van der Waals surface area contributed by atoms with E-state index in [0.29, 0.717) is 18.8 Å². The van der Waals surface area contributed by atoms with Crippen LogP contribution in [0.3, 0.4) is 0 Å². The molecule has 0 radical (unpaired) electrons. The number of aromatic nitrogens is 1. The summed E-state index contributed by atoms with van der Waals surface area (Å²) < 4.78 is 11.0. The van der Waals surface area contributed by atoms with Gasteiger partial charge in [0, 0.05) is 5.92 Å². The van der Waals surface area contributed by atoms with Crippen LogP contribution in [0.15, 0.2) is 16.7 Å². The first kappa shape index (κ1) is 16.9. The summed E-state index contributed by atoms with van der Waals surface area (Å²) in [7, 11) is 3.63. The van der Waals surface area contributed by atoms with E-state index in [4.69, 9.17) is 9.26 Å². The summed E-state index contributed by atoms with van der Waals surface area (Å²) in [6, 6.07) is -0.437. The Morgan fingerprint density at radius 3 is 2.88 bits per heavy atom. The van der Waals surface area contributed by atoms with Crippen molar-refractivity contribution >= 4 is 11.6 Å². The van der Waals surface area contributed by atoms with Crippen LogP contribution in [-0.4, -0.2) is 53.0 Å². The first-order valence-corrected chi connectivity index (χ1v) is 8.19. The molecule has 0 amide bonds. The Balaban J connectivity index is 2.09. The van der Waals surface area contributed by atoms with Crippen molar-refractivity contribution in [2.45, 2.75) is 37.8 Å². The Labute approximate surface area is 140 Å². The third kappa shape index (κ3) is 2.31. The zero-order chi connectivity index (χ0) is 17.5. The van der Waals surface area contributed by atoms with Crippen LogP contribution in [0.2, 0.25) is 0 Å². The number of carbonyl (C=O) groups is 2. The third-order valence-electron chi connectivity index (χ3n) is 4.77. The second-order valence-corrected chi connectivity index (χ2v) is 6.54. The van der Waals surface area contributed by atoms with Gasteiger partial charge in [-0.15, -0.1) is 0 Å². The number of aliphatic hydroxyl groups is 1. The Bertz CT molecular complexity index is 693. The van der Waals surface area contributed by atoms with Crippen molar-refractivity contribution in [3.8, 4) is 5.88 Å². The Kier molecular flexibility index (Phi) is 4.31. The topological polar surface area (TPSA) is 92.9 Å². The van der Waals surface area contributed by atoms with Crippen LogP contribution in [0.1, 0.15) is 48.3 Å². The number of nitrogens with zero attached hydrogens (tertiary/aromatic N) is 2. The quantitative estimate of drug-likeness (QED) is 0.645. The van der Waals surface area contributed by atoms with E-state index < -0.39 is 29.1 Å². The zero-order valence-electron chi connectivity index (χ0n) is 14.1. The highest BCUT2D eigenvalue weighted by Crippen LogP contribution is 2.49. The molecule has 0 saturated carbocycles. The summed E-state index contributed by atoms with van der Waals surface area (Å²) >= 11 is 0. The minimum atomic E-state index is -2.09. The minimum absolute atomic E-state index is 0.0597. The smallest absolute Gasteiger partial charge is 0.265 e. The van der Waals surface area contributed by atoms with E-state index >= 15 is 0 Å². The number of hydrogen-bond acceptors (Lipinski definition) is 7. The van der Waals surface area contributed by atoms with Gasteiger partial charge in [-0.2, -0.15) is 0 Å².